The second-order valence-electron chi connectivity index (χ2n) is 10.6. The van der Waals surface area contributed by atoms with E-state index >= 15 is 0 Å². The number of benzene rings is 2. The molecule has 4 atom stereocenters. The van der Waals surface area contributed by atoms with E-state index in [2.05, 4.69) is 28.8 Å². The molecule has 35 heavy (non-hydrogen) atoms. The van der Waals surface area contributed by atoms with Gasteiger partial charge in [-0.25, -0.2) is 0 Å². The Morgan fingerprint density at radius 3 is 2.66 bits per heavy atom. The molecule has 3 N–H and O–H groups in total. The summed E-state index contributed by atoms with van der Waals surface area (Å²) < 4.78 is 12.4. The molecule has 0 bridgehead atoms. The van der Waals surface area contributed by atoms with E-state index in [-0.39, 0.29) is 23.6 Å². The Balaban J connectivity index is 1.30. The lowest BCUT2D eigenvalue weighted by molar-refractivity contribution is -0.120. The first kappa shape index (κ1) is 24.3. The predicted molar refractivity (Wildman–Crippen MR) is 135 cm³/mol. The lowest BCUT2D eigenvalue weighted by atomic mass is 9.72. The van der Waals surface area contributed by atoms with Crippen LogP contribution in [-0.4, -0.2) is 48.0 Å². The van der Waals surface area contributed by atoms with Gasteiger partial charge in [-0.05, 0) is 62.1 Å². The van der Waals surface area contributed by atoms with Crippen LogP contribution in [-0.2, 0) is 22.4 Å². The van der Waals surface area contributed by atoms with Crippen molar-refractivity contribution >= 4 is 5.91 Å². The summed E-state index contributed by atoms with van der Waals surface area (Å²) in [6, 6.07) is 16.3. The highest BCUT2D eigenvalue weighted by molar-refractivity contribution is 5.73. The zero-order valence-corrected chi connectivity index (χ0v) is 20.7. The predicted octanol–water partition coefficient (Wildman–Crippen LogP) is 3.85. The number of carbonyl (C=O) groups excluding carboxylic acids is 1. The summed E-state index contributed by atoms with van der Waals surface area (Å²) in [4.78, 5) is 11.9. The molecule has 1 aliphatic carbocycles. The van der Waals surface area contributed by atoms with Crippen molar-refractivity contribution in [2.24, 2.45) is 0 Å². The fourth-order valence-electron chi connectivity index (χ4n) is 5.79. The second-order valence-corrected chi connectivity index (χ2v) is 10.6. The zero-order chi connectivity index (χ0) is 24.3. The van der Waals surface area contributed by atoms with Crippen LogP contribution in [0.2, 0.25) is 0 Å². The summed E-state index contributed by atoms with van der Waals surface area (Å²) >= 11 is 0. The standard InChI is InChI=1S/C29H38N2O4/c1-20(32)31-25(17-21-7-3-2-4-8-21)27(33)19-30-26-18-29(12-6-13-29)35-28-11-10-22(16-24(26)28)15-23-9-5-14-34-23/h2-4,7-8,10-11,16,23,25-27,30,33H,5-6,9,12-15,17-19H2,1H3,(H,31,32)/t23-,25+,26+,27+/m1/s1. The lowest BCUT2D eigenvalue weighted by Gasteiger charge is -2.48. The van der Waals surface area contributed by atoms with Crippen LogP contribution in [0.3, 0.4) is 0 Å². The molecule has 1 saturated carbocycles. The molecule has 2 fully saturated rings. The van der Waals surface area contributed by atoms with Gasteiger partial charge in [-0.1, -0.05) is 42.5 Å². The molecule has 188 valence electrons. The molecule has 3 aliphatic rings. The SMILES string of the molecule is CC(=O)N[C@@H](Cc1ccccc1)[C@@H](O)CN[C@H]1CC2(CCC2)Oc2ccc(C[C@H]3CCCO3)cc21. The maximum absolute atomic E-state index is 11.9. The van der Waals surface area contributed by atoms with E-state index in [1.165, 1.54) is 24.5 Å². The van der Waals surface area contributed by atoms with E-state index in [1.807, 2.05) is 30.3 Å². The Hall–Kier alpha value is -2.41. The first-order valence-electron chi connectivity index (χ1n) is 13.2. The van der Waals surface area contributed by atoms with Crippen molar-refractivity contribution in [3.63, 3.8) is 0 Å². The number of rotatable bonds is 9. The third-order valence-corrected chi connectivity index (χ3v) is 7.83. The van der Waals surface area contributed by atoms with Gasteiger partial charge in [0.15, 0.2) is 0 Å². The van der Waals surface area contributed by atoms with Crippen molar-refractivity contribution in [3.8, 4) is 5.75 Å². The maximum Gasteiger partial charge on any atom is 0.217 e. The van der Waals surface area contributed by atoms with Crippen LogP contribution in [0.5, 0.6) is 5.75 Å². The minimum Gasteiger partial charge on any atom is -0.487 e. The van der Waals surface area contributed by atoms with Gasteiger partial charge in [0.25, 0.3) is 0 Å². The molecule has 1 spiro atoms. The molecule has 6 nitrogen and oxygen atoms in total. The van der Waals surface area contributed by atoms with Gasteiger partial charge >= 0.3 is 0 Å². The van der Waals surface area contributed by atoms with Crippen LogP contribution in [0.4, 0.5) is 0 Å². The molecule has 6 heteroatoms. The van der Waals surface area contributed by atoms with Crippen LogP contribution in [0.25, 0.3) is 0 Å². The van der Waals surface area contributed by atoms with Crippen LogP contribution in [0, 0.1) is 0 Å². The summed E-state index contributed by atoms with van der Waals surface area (Å²) in [5.41, 5.74) is 3.45. The van der Waals surface area contributed by atoms with Gasteiger partial charge in [0.1, 0.15) is 11.4 Å². The number of hydrogen-bond donors (Lipinski definition) is 3. The summed E-state index contributed by atoms with van der Waals surface area (Å²) in [5.74, 6) is 0.829. The Labute approximate surface area is 208 Å². The second kappa shape index (κ2) is 10.7. The van der Waals surface area contributed by atoms with Gasteiger partial charge in [-0.2, -0.15) is 0 Å². The summed E-state index contributed by atoms with van der Waals surface area (Å²) in [7, 11) is 0. The smallest absolute Gasteiger partial charge is 0.217 e. The largest absolute Gasteiger partial charge is 0.487 e. The Bertz CT molecular complexity index is 1000. The molecule has 1 amide bonds. The number of carbonyl (C=O) groups is 1. The van der Waals surface area contributed by atoms with Crippen LogP contribution >= 0.6 is 0 Å². The normalized spacial score (nSPS) is 24.2. The molecular formula is C29H38N2O4. The van der Waals surface area contributed by atoms with E-state index in [0.717, 1.165) is 56.4 Å². The van der Waals surface area contributed by atoms with Gasteiger partial charge in [0.05, 0.1) is 18.2 Å². The Morgan fingerprint density at radius 2 is 1.97 bits per heavy atom. The van der Waals surface area contributed by atoms with Gasteiger partial charge in [-0.3, -0.25) is 4.79 Å². The molecule has 2 heterocycles. The van der Waals surface area contributed by atoms with Crippen molar-refractivity contribution in [1.29, 1.82) is 0 Å². The molecule has 1 saturated heterocycles. The van der Waals surface area contributed by atoms with E-state index in [1.54, 1.807) is 0 Å². The number of aliphatic hydroxyl groups excluding tert-OH is 1. The van der Waals surface area contributed by atoms with Gasteiger partial charge < -0.3 is 25.2 Å². The van der Waals surface area contributed by atoms with Gasteiger partial charge in [0, 0.05) is 38.1 Å². The quantitative estimate of drug-likeness (QED) is 0.510. The zero-order valence-electron chi connectivity index (χ0n) is 20.7. The number of ether oxygens (including phenoxy) is 2. The Kier molecular flexibility index (Phi) is 7.42. The first-order valence-corrected chi connectivity index (χ1v) is 13.2. The molecule has 0 aromatic heterocycles. The van der Waals surface area contributed by atoms with E-state index in [9.17, 15) is 9.90 Å². The average molecular weight is 479 g/mol. The molecule has 0 unspecified atom stereocenters. The third-order valence-electron chi connectivity index (χ3n) is 7.83. The third kappa shape index (κ3) is 5.88. The van der Waals surface area contributed by atoms with Crippen molar-refractivity contribution < 1.29 is 19.4 Å². The highest BCUT2D eigenvalue weighted by Gasteiger charge is 2.45. The highest BCUT2D eigenvalue weighted by atomic mass is 16.5. The minimum absolute atomic E-state index is 0.0905. The summed E-state index contributed by atoms with van der Waals surface area (Å²) in [6.45, 7) is 2.76. The average Bonchev–Trinajstić information content (AvgIpc) is 3.34. The molecule has 0 radical (unpaired) electrons. The number of hydrogen-bond acceptors (Lipinski definition) is 5. The van der Waals surface area contributed by atoms with E-state index in [0.29, 0.717) is 19.1 Å². The topological polar surface area (TPSA) is 79.8 Å². The molecule has 2 aromatic carbocycles. The highest BCUT2D eigenvalue weighted by Crippen LogP contribution is 2.49. The van der Waals surface area contributed by atoms with Crippen molar-refractivity contribution in [2.75, 3.05) is 13.2 Å². The number of nitrogens with one attached hydrogen (secondary N) is 2. The van der Waals surface area contributed by atoms with Crippen LogP contribution in [0.1, 0.15) is 68.2 Å². The molecular weight excluding hydrogens is 440 g/mol. The van der Waals surface area contributed by atoms with Crippen molar-refractivity contribution in [1.82, 2.24) is 10.6 Å². The molecule has 5 rings (SSSR count). The van der Waals surface area contributed by atoms with Gasteiger partial charge in [-0.15, -0.1) is 0 Å². The first-order chi connectivity index (χ1) is 17.0. The van der Waals surface area contributed by atoms with Crippen molar-refractivity contribution in [2.45, 2.75) is 88.2 Å². The van der Waals surface area contributed by atoms with Crippen LogP contribution in [0.15, 0.2) is 48.5 Å². The number of fused-ring (bicyclic) bond motifs is 1. The monoisotopic (exact) mass is 478 g/mol. The Morgan fingerprint density at radius 1 is 1.14 bits per heavy atom. The van der Waals surface area contributed by atoms with Crippen LogP contribution < -0.4 is 15.4 Å². The number of aliphatic hydroxyl groups is 1. The van der Waals surface area contributed by atoms with Gasteiger partial charge in [0.2, 0.25) is 5.91 Å². The lowest BCUT2D eigenvalue weighted by Crippen LogP contribution is -2.52. The fourth-order valence-corrected chi connectivity index (χ4v) is 5.79. The fraction of sp³-hybridized carbons (Fsp3) is 0.552. The number of amides is 1. The van der Waals surface area contributed by atoms with E-state index < -0.39 is 6.10 Å². The summed E-state index contributed by atoms with van der Waals surface area (Å²) in [5, 5.41) is 17.7. The molecule has 2 aromatic rings. The maximum atomic E-state index is 11.9. The van der Waals surface area contributed by atoms with Crippen molar-refractivity contribution in [3.05, 3.63) is 65.2 Å². The molecule has 2 aliphatic heterocycles. The van der Waals surface area contributed by atoms with E-state index in [4.69, 9.17) is 9.47 Å². The minimum atomic E-state index is -0.710. The summed E-state index contributed by atoms with van der Waals surface area (Å²) in [6.07, 6.45) is 7.62.